The first-order valence-electron chi connectivity index (χ1n) is 10.3. The number of hydrogen-bond acceptors (Lipinski definition) is 4. The predicted molar refractivity (Wildman–Crippen MR) is 115 cm³/mol. The lowest BCUT2D eigenvalue weighted by atomic mass is 9.92. The van der Waals surface area contributed by atoms with E-state index >= 15 is 0 Å². The van der Waals surface area contributed by atoms with Crippen molar-refractivity contribution < 1.29 is 4.79 Å². The van der Waals surface area contributed by atoms with Crippen LogP contribution in [-0.4, -0.2) is 66.5 Å². The van der Waals surface area contributed by atoms with Crippen LogP contribution < -0.4 is 4.90 Å². The van der Waals surface area contributed by atoms with Gasteiger partial charge in [0.15, 0.2) is 0 Å². The van der Waals surface area contributed by atoms with E-state index in [4.69, 9.17) is 11.6 Å². The Morgan fingerprint density at radius 2 is 1.79 bits per heavy atom. The van der Waals surface area contributed by atoms with Gasteiger partial charge in [-0.3, -0.25) is 9.69 Å². The molecule has 2 aromatic rings. The van der Waals surface area contributed by atoms with Crippen molar-refractivity contribution in [3.8, 4) is 0 Å². The Morgan fingerprint density at radius 3 is 2.50 bits per heavy atom. The van der Waals surface area contributed by atoms with Gasteiger partial charge in [-0.2, -0.15) is 0 Å². The van der Waals surface area contributed by atoms with E-state index in [9.17, 15) is 4.79 Å². The molecule has 1 amide bonds. The number of benzene rings is 1. The standard InChI is InChI=1S/C22H29ClN4O/c1-16-11-17(2)14-27(13-16)21(28)15-25-7-9-26(10-8-25)20-12-18-5-3-4-6-19(18)22(23)24-20/h3-6,12,16-17H,7-11,13-15H2,1-2H3. The van der Waals surface area contributed by atoms with Gasteiger partial charge in [-0.15, -0.1) is 0 Å². The third kappa shape index (κ3) is 4.26. The summed E-state index contributed by atoms with van der Waals surface area (Å²) in [6.45, 7) is 10.3. The van der Waals surface area contributed by atoms with E-state index in [-0.39, 0.29) is 5.91 Å². The molecule has 0 spiro atoms. The fourth-order valence-corrected chi connectivity index (χ4v) is 4.86. The summed E-state index contributed by atoms with van der Waals surface area (Å²) in [4.78, 5) is 23.9. The molecule has 0 radical (unpaired) electrons. The van der Waals surface area contributed by atoms with E-state index in [1.165, 1.54) is 6.42 Å². The molecule has 0 saturated carbocycles. The molecule has 150 valence electrons. The van der Waals surface area contributed by atoms with E-state index in [1.54, 1.807) is 0 Å². The number of pyridine rings is 1. The van der Waals surface area contributed by atoms with E-state index in [0.717, 1.165) is 55.9 Å². The van der Waals surface area contributed by atoms with Gasteiger partial charge in [0, 0.05) is 44.7 Å². The van der Waals surface area contributed by atoms with Crippen LogP contribution in [0.4, 0.5) is 5.82 Å². The molecule has 2 saturated heterocycles. The molecule has 2 aliphatic heterocycles. The first-order valence-corrected chi connectivity index (χ1v) is 10.7. The average Bonchev–Trinajstić information content (AvgIpc) is 2.68. The summed E-state index contributed by atoms with van der Waals surface area (Å²) in [6.07, 6.45) is 1.23. The van der Waals surface area contributed by atoms with Crippen LogP contribution in [0.25, 0.3) is 10.8 Å². The smallest absolute Gasteiger partial charge is 0.236 e. The van der Waals surface area contributed by atoms with Crippen LogP contribution in [0.3, 0.4) is 0 Å². The molecule has 5 nitrogen and oxygen atoms in total. The Labute approximate surface area is 172 Å². The van der Waals surface area contributed by atoms with E-state index in [2.05, 4.69) is 45.7 Å². The van der Waals surface area contributed by atoms with Crippen LogP contribution in [0.5, 0.6) is 0 Å². The number of hydrogen-bond donors (Lipinski definition) is 0. The highest BCUT2D eigenvalue weighted by Crippen LogP contribution is 2.27. The quantitative estimate of drug-likeness (QED) is 0.739. The summed E-state index contributed by atoms with van der Waals surface area (Å²) in [5, 5.41) is 2.66. The highest BCUT2D eigenvalue weighted by atomic mass is 35.5. The van der Waals surface area contributed by atoms with Crippen molar-refractivity contribution in [3.63, 3.8) is 0 Å². The second kappa shape index (κ2) is 8.26. The summed E-state index contributed by atoms with van der Waals surface area (Å²) in [7, 11) is 0. The van der Waals surface area contributed by atoms with Crippen LogP contribution in [0.1, 0.15) is 20.3 Å². The Kier molecular flexibility index (Phi) is 5.74. The molecular formula is C22H29ClN4O. The van der Waals surface area contributed by atoms with Gasteiger partial charge in [0.1, 0.15) is 11.0 Å². The van der Waals surface area contributed by atoms with Crippen LogP contribution in [-0.2, 0) is 4.79 Å². The molecule has 0 aliphatic carbocycles. The summed E-state index contributed by atoms with van der Waals surface area (Å²) >= 11 is 6.39. The Bertz CT molecular complexity index is 840. The maximum absolute atomic E-state index is 12.7. The van der Waals surface area contributed by atoms with Gasteiger partial charge in [0.05, 0.1) is 6.54 Å². The normalized spacial score (nSPS) is 24.0. The molecule has 0 bridgehead atoms. The topological polar surface area (TPSA) is 39.7 Å². The monoisotopic (exact) mass is 400 g/mol. The summed E-state index contributed by atoms with van der Waals surface area (Å²) in [6, 6.07) is 10.2. The number of carbonyl (C=O) groups excluding carboxylic acids is 1. The summed E-state index contributed by atoms with van der Waals surface area (Å²) < 4.78 is 0. The minimum absolute atomic E-state index is 0.277. The highest BCUT2D eigenvalue weighted by molar-refractivity contribution is 6.34. The van der Waals surface area contributed by atoms with E-state index in [0.29, 0.717) is 23.5 Å². The molecule has 1 aromatic heterocycles. The van der Waals surface area contributed by atoms with Crippen molar-refractivity contribution in [2.45, 2.75) is 20.3 Å². The number of likely N-dealkylation sites (tertiary alicyclic amines) is 1. The van der Waals surface area contributed by atoms with Gasteiger partial charge in [-0.1, -0.05) is 49.7 Å². The van der Waals surface area contributed by atoms with Gasteiger partial charge in [-0.25, -0.2) is 4.98 Å². The second-order valence-corrected chi connectivity index (χ2v) is 8.86. The number of anilines is 1. The van der Waals surface area contributed by atoms with Gasteiger partial charge < -0.3 is 9.80 Å². The van der Waals surface area contributed by atoms with Crippen LogP contribution >= 0.6 is 11.6 Å². The second-order valence-electron chi connectivity index (χ2n) is 8.50. The zero-order valence-electron chi connectivity index (χ0n) is 16.8. The minimum atomic E-state index is 0.277. The Balaban J connectivity index is 1.35. The molecule has 6 heteroatoms. The number of amides is 1. The number of piperidine rings is 1. The molecule has 4 rings (SSSR count). The van der Waals surface area contributed by atoms with Crippen molar-refractivity contribution >= 4 is 34.1 Å². The van der Waals surface area contributed by atoms with E-state index < -0.39 is 0 Å². The predicted octanol–water partition coefficient (Wildman–Crippen LogP) is 3.51. The zero-order valence-corrected chi connectivity index (χ0v) is 17.5. The maximum Gasteiger partial charge on any atom is 0.236 e. The third-order valence-electron chi connectivity index (χ3n) is 5.96. The van der Waals surface area contributed by atoms with Crippen molar-refractivity contribution in [2.24, 2.45) is 11.8 Å². The van der Waals surface area contributed by atoms with Crippen molar-refractivity contribution in [1.29, 1.82) is 0 Å². The van der Waals surface area contributed by atoms with Gasteiger partial charge in [-0.05, 0) is 29.7 Å². The third-order valence-corrected chi connectivity index (χ3v) is 6.25. The molecule has 3 heterocycles. The van der Waals surface area contributed by atoms with Crippen molar-refractivity contribution in [3.05, 3.63) is 35.5 Å². The number of carbonyl (C=O) groups is 1. The molecule has 2 atom stereocenters. The molecule has 2 aliphatic rings. The largest absolute Gasteiger partial charge is 0.354 e. The molecular weight excluding hydrogens is 372 g/mol. The fraction of sp³-hybridized carbons (Fsp3) is 0.545. The molecule has 28 heavy (non-hydrogen) atoms. The maximum atomic E-state index is 12.7. The lowest BCUT2D eigenvalue weighted by molar-refractivity contribution is -0.135. The minimum Gasteiger partial charge on any atom is -0.354 e. The molecule has 2 unspecified atom stereocenters. The highest BCUT2D eigenvalue weighted by Gasteiger charge is 2.27. The van der Waals surface area contributed by atoms with Crippen LogP contribution in [0, 0.1) is 11.8 Å². The SMILES string of the molecule is CC1CC(C)CN(C(=O)CN2CCN(c3cc4ccccc4c(Cl)n3)CC2)C1. The molecule has 2 fully saturated rings. The first-order chi connectivity index (χ1) is 13.5. The lowest BCUT2D eigenvalue weighted by Gasteiger charge is -2.38. The summed E-state index contributed by atoms with van der Waals surface area (Å²) in [5.74, 6) is 2.41. The van der Waals surface area contributed by atoms with Crippen LogP contribution in [0.2, 0.25) is 5.15 Å². The number of nitrogens with zero attached hydrogens (tertiary/aromatic N) is 4. The van der Waals surface area contributed by atoms with Gasteiger partial charge in [0.2, 0.25) is 5.91 Å². The van der Waals surface area contributed by atoms with Gasteiger partial charge >= 0.3 is 0 Å². The van der Waals surface area contributed by atoms with Crippen molar-refractivity contribution in [1.82, 2.24) is 14.8 Å². The number of aromatic nitrogens is 1. The lowest BCUT2D eigenvalue weighted by Crippen LogP contribution is -2.52. The number of rotatable bonds is 3. The number of halogens is 1. The molecule has 1 aromatic carbocycles. The van der Waals surface area contributed by atoms with Crippen LogP contribution in [0.15, 0.2) is 30.3 Å². The number of fused-ring (bicyclic) bond motifs is 1. The first kappa shape index (κ1) is 19.5. The van der Waals surface area contributed by atoms with Crippen molar-refractivity contribution in [2.75, 3.05) is 50.7 Å². The Hall–Kier alpha value is -1.85. The molecule has 0 N–H and O–H groups in total. The Morgan fingerprint density at radius 1 is 1.11 bits per heavy atom. The van der Waals surface area contributed by atoms with E-state index in [1.807, 2.05) is 18.2 Å². The number of piperazine rings is 1. The summed E-state index contributed by atoms with van der Waals surface area (Å²) in [5.41, 5.74) is 0. The average molecular weight is 401 g/mol. The zero-order chi connectivity index (χ0) is 19.7. The fourth-order valence-electron chi connectivity index (χ4n) is 4.60. The van der Waals surface area contributed by atoms with Gasteiger partial charge in [0.25, 0.3) is 0 Å².